The Labute approximate surface area is 130 Å². The van der Waals surface area contributed by atoms with E-state index in [4.69, 9.17) is 15.4 Å². The standard InChI is InChI=1S/C14H20ClNO4S/c1-9(2)10(3)16-14(17)8-11-7-12(21(15,18)19)5-6-13(11)20-4/h5-7,9-10H,8H2,1-4H3,(H,16,17). The molecule has 0 spiro atoms. The van der Waals surface area contributed by atoms with Crippen LogP contribution in [0.3, 0.4) is 0 Å². The fourth-order valence-corrected chi connectivity index (χ4v) is 2.49. The van der Waals surface area contributed by atoms with Crippen LogP contribution in [0.25, 0.3) is 0 Å². The van der Waals surface area contributed by atoms with Gasteiger partial charge in [-0.2, -0.15) is 0 Å². The molecule has 1 aromatic carbocycles. The predicted molar refractivity (Wildman–Crippen MR) is 82.2 cm³/mol. The van der Waals surface area contributed by atoms with Gasteiger partial charge in [-0.1, -0.05) is 13.8 Å². The topological polar surface area (TPSA) is 72.5 Å². The summed E-state index contributed by atoms with van der Waals surface area (Å²) < 4.78 is 27.9. The van der Waals surface area contributed by atoms with Crippen LogP contribution in [0.15, 0.2) is 23.1 Å². The second kappa shape index (κ2) is 7.13. The first-order chi connectivity index (χ1) is 9.65. The molecule has 1 amide bonds. The van der Waals surface area contributed by atoms with Crippen molar-refractivity contribution in [3.05, 3.63) is 23.8 Å². The molecule has 0 bridgehead atoms. The molecule has 118 valence electrons. The Morgan fingerprint density at radius 3 is 2.43 bits per heavy atom. The van der Waals surface area contributed by atoms with Gasteiger partial charge in [-0.15, -0.1) is 0 Å². The minimum absolute atomic E-state index is 0.0283. The van der Waals surface area contributed by atoms with Crippen molar-refractivity contribution in [3.63, 3.8) is 0 Å². The van der Waals surface area contributed by atoms with E-state index in [1.165, 1.54) is 25.3 Å². The second-order valence-electron chi connectivity index (χ2n) is 5.19. The minimum Gasteiger partial charge on any atom is -0.496 e. The van der Waals surface area contributed by atoms with E-state index in [1.807, 2.05) is 20.8 Å². The zero-order valence-corrected chi connectivity index (χ0v) is 14.1. The quantitative estimate of drug-likeness (QED) is 0.811. The molecule has 1 N–H and O–H groups in total. The molecule has 1 unspecified atom stereocenters. The second-order valence-corrected chi connectivity index (χ2v) is 7.75. The predicted octanol–water partition coefficient (Wildman–Crippen LogP) is 2.33. The maximum absolute atomic E-state index is 12.0. The molecular weight excluding hydrogens is 314 g/mol. The molecule has 0 heterocycles. The highest BCUT2D eigenvalue weighted by atomic mass is 35.7. The summed E-state index contributed by atoms with van der Waals surface area (Å²) in [5.74, 6) is 0.565. The van der Waals surface area contributed by atoms with Gasteiger partial charge in [0.05, 0.1) is 18.4 Å². The molecule has 0 aromatic heterocycles. The molecule has 5 nitrogen and oxygen atoms in total. The third-order valence-electron chi connectivity index (χ3n) is 3.27. The van der Waals surface area contributed by atoms with Gasteiger partial charge < -0.3 is 10.1 Å². The lowest BCUT2D eigenvalue weighted by Crippen LogP contribution is -2.37. The summed E-state index contributed by atoms with van der Waals surface area (Å²) in [5, 5.41) is 2.86. The van der Waals surface area contributed by atoms with Gasteiger partial charge in [-0.25, -0.2) is 8.42 Å². The number of halogens is 1. The highest BCUT2D eigenvalue weighted by Crippen LogP contribution is 2.25. The molecule has 0 radical (unpaired) electrons. The van der Waals surface area contributed by atoms with Crippen LogP contribution < -0.4 is 10.1 Å². The zero-order valence-electron chi connectivity index (χ0n) is 12.5. The van der Waals surface area contributed by atoms with E-state index < -0.39 is 9.05 Å². The zero-order chi connectivity index (χ0) is 16.2. The van der Waals surface area contributed by atoms with Gasteiger partial charge in [0.1, 0.15) is 5.75 Å². The molecule has 1 rings (SSSR count). The van der Waals surface area contributed by atoms with Crippen LogP contribution in [-0.2, 0) is 20.3 Å². The van der Waals surface area contributed by atoms with Gasteiger partial charge >= 0.3 is 0 Å². The van der Waals surface area contributed by atoms with Gasteiger partial charge in [0, 0.05) is 22.3 Å². The number of rotatable bonds is 6. The molecule has 1 atom stereocenters. The van der Waals surface area contributed by atoms with Crippen molar-refractivity contribution in [2.24, 2.45) is 5.92 Å². The van der Waals surface area contributed by atoms with Gasteiger partial charge in [0.15, 0.2) is 0 Å². The van der Waals surface area contributed by atoms with Crippen molar-refractivity contribution in [1.29, 1.82) is 0 Å². The molecule has 0 fully saturated rings. The Morgan fingerprint density at radius 1 is 1.33 bits per heavy atom. The summed E-state index contributed by atoms with van der Waals surface area (Å²) >= 11 is 0. The average molecular weight is 334 g/mol. The van der Waals surface area contributed by atoms with Crippen molar-refractivity contribution in [3.8, 4) is 5.75 Å². The molecule has 21 heavy (non-hydrogen) atoms. The fourth-order valence-electron chi connectivity index (χ4n) is 1.69. The third kappa shape index (κ3) is 5.21. The summed E-state index contributed by atoms with van der Waals surface area (Å²) in [4.78, 5) is 12.0. The number of hydrogen-bond acceptors (Lipinski definition) is 4. The minimum atomic E-state index is -3.84. The van der Waals surface area contributed by atoms with Crippen molar-refractivity contribution in [2.45, 2.75) is 38.1 Å². The molecular formula is C14H20ClNO4S. The Bertz CT molecular complexity index is 613. The lowest BCUT2D eigenvalue weighted by molar-refractivity contribution is -0.121. The van der Waals surface area contributed by atoms with E-state index in [2.05, 4.69) is 5.32 Å². The van der Waals surface area contributed by atoms with Gasteiger partial charge in [0.2, 0.25) is 5.91 Å². The number of ether oxygens (including phenoxy) is 1. The van der Waals surface area contributed by atoms with Crippen LogP contribution in [0, 0.1) is 5.92 Å². The first-order valence-corrected chi connectivity index (χ1v) is 8.87. The van der Waals surface area contributed by atoms with Crippen molar-refractivity contribution in [2.75, 3.05) is 7.11 Å². The Kier molecular flexibility index (Phi) is 6.04. The summed E-state index contributed by atoms with van der Waals surface area (Å²) in [7, 11) is 2.94. The SMILES string of the molecule is COc1ccc(S(=O)(=O)Cl)cc1CC(=O)NC(C)C(C)C. The summed E-state index contributed by atoms with van der Waals surface area (Å²) in [5.41, 5.74) is 0.479. The molecule has 0 aliphatic rings. The van der Waals surface area contributed by atoms with Crippen LogP contribution in [0.5, 0.6) is 5.75 Å². The summed E-state index contributed by atoms with van der Waals surface area (Å²) in [6.45, 7) is 5.93. The van der Waals surface area contributed by atoms with Crippen molar-refractivity contribution < 1.29 is 17.9 Å². The van der Waals surface area contributed by atoms with Gasteiger partial charge in [0.25, 0.3) is 9.05 Å². The van der Waals surface area contributed by atoms with Crippen molar-refractivity contribution >= 4 is 25.6 Å². The number of carbonyl (C=O) groups is 1. The van der Waals surface area contributed by atoms with Crippen LogP contribution in [0.1, 0.15) is 26.3 Å². The van der Waals surface area contributed by atoms with E-state index >= 15 is 0 Å². The monoisotopic (exact) mass is 333 g/mol. The normalized spacial score (nSPS) is 13.0. The number of carbonyl (C=O) groups excluding carboxylic acids is 1. The molecule has 0 saturated carbocycles. The van der Waals surface area contributed by atoms with E-state index in [9.17, 15) is 13.2 Å². The number of benzene rings is 1. The lowest BCUT2D eigenvalue weighted by atomic mass is 10.1. The Balaban J connectivity index is 2.98. The van der Waals surface area contributed by atoms with Crippen LogP contribution in [-0.4, -0.2) is 27.5 Å². The van der Waals surface area contributed by atoms with Gasteiger partial charge in [-0.3, -0.25) is 4.79 Å². The average Bonchev–Trinajstić information content (AvgIpc) is 2.37. The Hall–Kier alpha value is -1.27. The first-order valence-electron chi connectivity index (χ1n) is 6.56. The van der Waals surface area contributed by atoms with Crippen LogP contribution in [0.2, 0.25) is 0 Å². The number of nitrogens with one attached hydrogen (secondary N) is 1. The summed E-state index contributed by atoms with van der Waals surface area (Å²) in [6, 6.07) is 4.23. The molecule has 1 aromatic rings. The molecule has 0 saturated heterocycles. The molecule has 0 aliphatic carbocycles. The largest absolute Gasteiger partial charge is 0.496 e. The number of hydrogen-bond donors (Lipinski definition) is 1. The highest BCUT2D eigenvalue weighted by molar-refractivity contribution is 8.13. The number of methoxy groups -OCH3 is 1. The fraction of sp³-hybridized carbons (Fsp3) is 0.500. The Morgan fingerprint density at radius 2 is 1.95 bits per heavy atom. The van der Waals surface area contributed by atoms with E-state index in [0.717, 1.165) is 0 Å². The maximum atomic E-state index is 12.0. The number of amides is 1. The molecule has 7 heteroatoms. The van der Waals surface area contributed by atoms with Crippen molar-refractivity contribution in [1.82, 2.24) is 5.32 Å². The lowest BCUT2D eigenvalue weighted by Gasteiger charge is -2.18. The van der Waals surface area contributed by atoms with E-state index in [-0.39, 0.29) is 23.3 Å². The van der Waals surface area contributed by atoms with E-state index in [0.29, 0.717) is 17.2 Å². The van der Waals surface area contributed by atoms with Crippen LogP contribution in [0.4, 0.5) is 0 Å². The van der Waals surface area contributed by atoms with Crippen LogP contribution >= 0.6 is 10.7 Å². The smallest absolute Gasteiger partial charge is 0.261 e. The summed E-state index contributed by atoms with van der Waals surface area (Å²) in [6.07, 6.45) is 0.0283. The van der Waals surface area contributed by atoms with Gasteiger partial charge in [-0.05, 0) is 31.0 Å². The first kappa shape index (κ1) is 17.8. The van der Waals surface area contributed by atoms with E-state index in [1.54, 1.807) is 0 Å². The molecule has 0 aliphatic heterocycles. The maximum Gasteiger partial charge on any atom is 0.261 e. The third-order valence-corrected chi connectivity index (χ3v) is 4.62. The highest BCUT2D eigenvalue weighted by Gasteiger charge is 2.17.